The first-order valence-corrected chi connectivity index (χ1v) is 3.12. The van der Waals surface area contributed by atoms with Gasteiger partial charge in [-0.25, -0.2) is 4.99 Å². The molecule has 4 nitrogen and oxygen atoms in total. The van der Waals surface area contributed by atoms with Crippen LogP contribution in [0.2, 0.25) is 0 Å². The fourth-order valence-electron chi connectivity index (χ4n) is 0.592. The highest BCUT2D eigenvalue weighted by Gasteiger charge is 2.22. The van der Waals surface area contributed by atoms with Crippen LogP contribution in [0.1, 0.15) is 0 Å². The van der Waals surface area contributed by atoms with Crippen LogP contribution in [0.25, 0.3) is 0 Å². The van der Waals surface area contributed by atoms with Crippen LogP contribution >= 0.6 is 12.6 Å². The molecule has 0 unspecified atom stereocenters. The van der Waals surface area contributed by atoms with Crippen molar-refractivity contribution >= 4 is 24.5 Å². The predicted octanol–water partition coefficient (Wildman–Crippen LogP) is -1.27. The van der Waals surface area contributed by atoms with Crippen LogP contribution in [0.4, 0.5) is 0 Å². The lowest BCUT2D eigenvalue weighted by Gasteiger charge is -1.94. The van der Waals surface area contributed by atoms with Gasteiger partial charge in [0, 0.05) is 5.75 Å². The Hall–Kier alpha value is -0.710. The van der Waals surface area contributed by atoms with Gasteiger partial charge in [-0.05, 0) is 0 Å². The van der Waals surface area contributed by atoms with Crippen molar-refractivity contribution in [3.8, 4) is 0 Å². The Morgan fingerprint density at radius 3 is 2.78 bits per heavy atom. The lowest BCUT2D eigenvalue weighted by Crippen LogP contribution is -2.33. The van der Waals surface area contributed by atoms with Crippen molar-refractivity contribution in [3.05, 3.63) is 0 Å². The molecule has 0 spiro atoms. The number of nitrogens with two attached hydrogens (primary N) is 1. The third-order valence-corrected chi connectivity index (χ3v) is 1.37. The van der Waals surface area contributed by atoms with Crippen molar-refractivity contribution in [2.45, 2.75) is 6.04 Å². The van der Waals surface area contributed by atoms with Crippen LogP contribution in [0, 0.1) is 0 Å². The van der Waals surface area contributed by atoms with E-state index >= 15 is 0 Å². The number of carbonyl (C=O) groups excluding carboxylic acids is 1. The maximum Gasteiger partial charge on any atom is 0.252 e. The van der Waals surface area contributed by atoms with Gasteiger partial charge in [0.1, 0.15) is 6.04 Å². The SMILES string of the molecule is NC1=N[C@H](CS)C(=O)N1. The molecule has 1 heterocycles. The molecule has 0 saturated carbocycles. The summed E-state index contributed by atoms with van der Waals surface area (Å²) in [6.07, 6.45) is 0. The summed E-state index contributed by atoms with van der Waals surface area (Å²) in [5, 5.41) is 2.36. The van der Waals surface area contributed by atoms with Crippen LogP contribution in [0.5, 0.6) is 0 Å². The highest BCUT2D eigenvalue weighted by Crippen LogP contribution is 1.98. The summed E-state index contributed by atoms with van der Waals surface area (Å²) in [7, 11) is 0. The average Bonchev–Trinajstić information content (AvgIpc) is 2.10. The van der Waals surface area contributed by atoms with Crippen molar-refractivity contribution in [3.63, 3.8) is 0 Å². The van der Waals surface area contributed by atoms with Gasteiger partial charge in [0.25, 0.3) is 5.91 Å². The zero-order valence-corrected chi connectivity index (χ0v) is 5.56. The standard InChI is InChI=1S/C4H7N3OS/c5-4-6-2(1-9)3(8)7-4/h2,9H,1H2,(H3,5,6,7,8)/t2-/m1/s1. The molecule has 9 heavy (non-hydrogen) atoms. The molecule has 0 fully saturated rings. The molecule has 0 aromatic rings. The van der Waals surface area contributed by atoms with Gasteiger partial charge in [0.15, 0.2) is 5.96 Å². The number of nitrogens with one attached hydrogen (secondary N) is 1. The van der Waals surface area contributed by atoms with E-state index in [4.69, 9.17) is 5.73 Å². The lowest BCUT2D eigenvalue weighted by atomic mass is 10.4. The van der Waals surface area contributed by atoms with Crippen LogP contribution in [-0.2, 0) is 4.79 Å². The molecule has 5 heteroatoms. The zero-order valence-electron chi connectivity index (χ0n) is 4.66. The number of carbonyl (C=O) groups is 1. The minimum Gasteiger partial charge on any atom is -0.370 e. The smallest absolute Gasteiger partial charge is 0.252 e. The third-order valence-electron chi connectivity index (χ3n) is 1.02. The maximum atomic E-state index is 10.7. The number of aliphatic imine (C=N–C) groups is 1. The van der Waals surface area contributed by atoms with E-state index in [1.807, 2.05) is 0 Å². The van der Waals surface area contributed by atoms with E-state index in [-0.39, 0.29) is 17.9 Å². The molecule has 1 atom stereocenters. The van der Waals surface area contributed by atoms with E-state index in [2.05, 4.69) is 22.9 Å². The van der Waals surface area contributed by atoms with E-state index in [0.717, 1.165) is 0 Å². The maximum absolute atomic E-state index is 10.7. The first-order chi connectivity index (χ1) is 4.24. The van der Waals surface area contributed by atoms with Crippen molar-refractivity contribution in [2.75, 3.05) is 5.75 Å². The molecule has 0 aromatic heterocycles. The van der Waals surface area contributed by atoms with Gasteiger partial charge >= 0.3 is 0 Å². The topological polar surface area (TPSA) is 67.5 Å². The van der Waals surface area contributed by atoms with E-state index in [1.54, 1.807) is 0 Å². The minimum atomic E-state index is -0.381. The summed E-state index contributed by atoms with van der Waals surface area (Å²) < 4.78 is 0. The van der Waals surface area contributed by atoms with Crippen LogP contribution in [-0.4, -0.2) is 23.7 Å². The number of nitrogens with zero attached hydrogens (tertiary/aromatic N) is 1. The number of hydrogen-bond donors (Lipinski definition) is 3. The molecule has 0 aliphatic carbocycles. The van der Waals surface area contributed by atoms with Gasteiger partial charge in [0.05, 0.1) is 0 Å². The van der Waals surface area contributed by atoms with Crippen LogP contribution in [0.3, 0.4) is 0 Å². The average molecular weight is 145 g/mol. The molecule has 1 aliphatic rings. The normalized spacial score (nSPS) is 25.7. The van der Waals surface area contributed by atoms with Crippen LogP contribution in [0.15, 0.2) is 4.99 Å². The summed E-state index contributed by atoms with van der Waals surface area (Å²) in [6, 6.07) is -0.381. The summed E-state index contributed by atoms with van der Waals surface area (Å²) >= 11 is 3.89. The quantitative estimate of drug-likeness (QED) is 0.403. The van der Waals surface area contributed by atoms with Crippen molar-refractivity contribution in [1.29, 1.82) is 0 Å². The second-order valence-corrected chi connectivity index (χ2v) is 2.07. The number of rotatable bonds is 1. The molecule has 50 valence electrons. The third kappa shape index (κ3) is 1.16. The monoisotopic (exact) mass is 145 g/mol. The Bertz CT molecular complexity index is 167. The Morgan fingerprint density at radius 1 is 1.89 bits per heavy atom. The predicted molar refractivity (Wildman–Crippen MR) is 37.4 cm³/mol. The van der Waals surface area contributed by atoms with E-state index in [0.29, 0.717) is 5.75 Å². The minimum absolute atomic E-state index is 0.164. The number of guanidine groups is 1. The molecule has 3 N–H and O–H groups in total. The van der Waals surface area contributed by atoms with Gasteiger partial charge in [-0.1, -0.05) is 0 Å². The van der Waals surface area contributed by atoms with E-state index < -0.39 is 0 Å². The summed E-state index contributed by atoms with van der Waals surface area (Å²) in [6.45, 7) is 0. The zero-order chi connectivity index (χ0) is 6.85. The first-order valence-electron chi connectivity index (χ1n) is 2.49. The van der Waals surface area contributed by atoms with Gasteiger partial charge < -0.3 is 5.73 Å². The van der Waals surface area contributed by atoms with E-state index in [9.17, 15) is 4.79 Å². The van der Waals surface area contributed by atoms with Gasteiger partial charge in [-0.3, -0.25) is 10.1 Å². The van der Waals surface area contributed by atoms with Gasteiger partial charge in [-0.2, -0.15) is 12.6 Å². The molecule has 0 bridgehead atoms. The molecule has 1 aliphatic heterocycles. The van der Waals surface area contributed by atoms with Crippen molar-refractivity contribution in [1.82, 2.24) is 5.32 Å². The van der Waals surface area contributed by atoms with Gasteiger partial charge in [-0.15, -0.1) is 0 Å². The lowest BCUT2D eigenvalue weighted by molar-refractivity contribution is -0.119. The Labute approximate surface area is 57.9 Å². The first kappa shape index (κ1) is 6.41. The fourth-order valence-corrected chi connectivity index (χ4v) is 0.840. The molecular formula is C4H7N3OS. The Balaban J connectivity index is 2.64. The Kier molecular flexibility index (Phi) is 1.61. The van der Waals surface area contributed by atoms with Gasteiger partial charge in [0.2, 0.25) is 0 Å². The Morgan fingerprint density at radius 2 is 2.56 bits per heavy atom. The number of amides is 1. The molecule has 1 amide bonds. The second kappa shape index (κ2) is 2.26. The number of hydrogen-bond acceptors (Lipinski definition) is 4. The molecule has 0 aromatic carbocycles. The molecule has 1 rings (SSSR count). The van der Waals surface area contributed by atoms with Crippen LogP contribution < -0.4 is 11.1 Å². The highest BCUT2D eigenvalue weighted by atomic mass is 32.1. The highest BCUT2D eigenvalue weighted by molar-refractivity contribution is 7.80. The second-order valence-electron chi connectivity index (χ2n) is 1.70. The molecule has 0 radical (unpaired) electrons. The largest absolute Gasteiger partial charge is 0.370 e. The summed E-state index contributed by atoms with van der Waals surface area (Å²) in [5.41, 5.74) is 5.18. The van der Waals surface area contributed by atoms with Crippen molar-refractivity contribution < 1.29 is 4.79 Å². The molecule has 0 saturated heterocycles. The summed E-state index contributed by atoms with van der Waals surface area (Å²) in [4.78, 5) is 14.4. The fraction of sp³-hybridized carbons (Fsp3) is 0.500. The molecular weight excluding hydrogens is 138 g/mol. The van der Waals surface area contributed by atoms with Crippen molar-refractivity contribution in [2.24, 2.45) is 10.7 Å². The number of thiol groups is 1. The van der Waals surface area contributed by atoms with E-state index in [1.165, 1.54) is 0 Å². The summed E-state index contributed by atoms with van der Waals surface area (Å²) in [5.74, 6) is 0.438.